The average molecular weight is 383 g/mol. The van der Waals surface area contributed by atoms with Crippen LogP contribution in [0.25, 0.3) is 0 Å². The molecular formula is C21H25N3O4. The Labute approximate surface area is 163 Å². The van der Waals surface area contributed by atoms with E-state index < -0.39 is 11.9 Å². The lowest BCUT2D eigenvalue weighted by molar-refractivity contribution is -0.137. The van der Waals surface area contributed by atoms with Gasteiger partial charge in [0.05, 0.1) is 0 Å². The van der Waals surface area contributed by atoms with Crippen molar-refractivity contribution in [1.29, 1.82) is 0 Å². The molecule has 1 aliphatic carbocycles. The third-order valence-corrected chi connectivity index (χ3v) is 6.23. The van der Waals surface area contributed by atoms with Crippen molar-refractivity contribution in [2.45, 2.75) is 58.0 Å². The number of imide groups is 1. The van der Waals surface area contributed by atoms with Crippen molar-refractivity contribution in [3.8, 4) is 0 Å². The number of carbonyl (C=O) groups excluding carboxylic acids is 4. The van der Waals surface area contributed by atoms with Crippen LogP contribution in [0.3, 0.4) is 0 Å². The van der Waals surface area contributed by atoms with Gasteiger partial charge in [-0.1, -0.05) is 13.0 Å². The van der Waals surface area contributed by atoms with E-state index in [1.165, 1.54) is 4.90 Å². The van der Waals surface area contributed by atoms with Gasteiger partial charge in [0, 0.05) is 35.7 Å². The minimum absolute atomic E-state index is 0.00667. The van der Waals surface area contributed by atoms with Crippen molar-refractivity contribution < 1.29 is 19.2 Å². The second kappa shape index (κ2) is 7.37. The zero-order chi connectivity index (χ0) is 19.8. The van der Waals surface area contributed by atoms with Gasteiger partial charge in [0.2, 0.25) is 17.7 Å². The molecule has 1 aromatic carbocycles. The predicted octanol–water partition coefficient (Wildman–Crippen LogP) is 2.21. The number of piperidine rings is 1. The Kier molecular flexibility index (Phi) is 4.91. The van der Waals surface area contributed by atoms with E-state index >= 15 is 0 Å². The Morgan fingerprint density at radius 3 is 2.57 bits per heavy atom. The molecule has 148 valence electrons. The molecular weight excluding hydrogens is 358 g/mol. The summed E-state index contributed by atoms with van der Waals surface area (Å²) in [6.45, 7) is 2.48. The highest BCUT2D eigenvalue weighted by atomic mass is 16.2. The molecule has 2 fully saturated rings. The summed E-state index contributed by atoms with van der Waals surface area (Å²) in [5.74, 6) is -0.279. The molecule has 0 aromatic heterocycles. The largest absolute Gasteiger partial charge is 0.326 e. The smallest absolute Gasteiger partial charge is 0.255 e. The van der Waals surface area contributed by atoms with Crippen molar-refractivity contribution >= 4 is 29.3 Å². The molecule has 2 aliphatic heterocycles. The van der Waals surface area contributed by atoms with E-state index in [1.54, 1.807) is 12.1 Å². The number of anilines is 1. The highest BCUT2D eigenvalue weighted by Crippen LogP contribution is 2.34. The van der Waals surface area contributed by atoms with Crippen molar-refractivity contribution in [2.24, 2.45) is 11.8 Å². The summed E-state index contributed by atoms with van der Waals surface area (Å²) in [6, 6.07) is 4.63. The summed E-state index contributed by atoms with van der Waals surface area (Å²) in [6.07, 6.45) is 4.46. The molecule has 0 radical (unpaired) electrons. The fourth-order valence-corrected chi connectivity index (χ4v) is 4.46. The monoisotopic (exact) mass is 383 g/mol. The fourth-order valence-electron chi connectivity index (χ4n) is 4.46. The van der Waals surface area contributed by atoms with Crippen molar-refractivity contribution in [2.75, 3.05) is 5.32 Å². The summed E-state index contributed by atoms with van der Waals surface area (Å²) in [5.41, 5.74) is 1.90. The number of hydrogen-bond donors (Lipinski definition) is 2. The topological polar surface area (TPSA) is 95.6 Å². The van der Waals surface area contributed by atoms with Gasteiger partial charge in [-0.05, 0) is 50.2 Å². The normalized spacial score (nSPS) is 27.4. The number of nitrogens with zero attached hydrogens (tertiary/aromatic N) is 1. The summed E-state index contributed by atoms with van der Waals surface area (Å²) < 4.78 is 0. The first kappa shape index (κ1) is 18.7. The van der Waals surface area contributed by atoms with Crippen LogP contribution in [0.15, 0.2) is 18.2 Å². The lowest BCUT2D eigenvalue weighted by Crippen LogP contribution is -2.52. The van der Waals surface area contributed by atoms with Crippen molar-refractivity contribution in [3.63, 3.8) is 0 Å². The van der Waals surface area contributed by atoms with Crippen LogP contribution < -0.4 is 10.6 Å². The van der Waals surface area contributed by atoms with Crippen LogP contribution >= 0.6 is 0 Å². The molecule has 4 amide bonds. The number of benzene rings is 1. The molecule has 1 unspecified atom stereocenters. The highest BCUT2D eigenvalue weighted by Gasteiger charge is 2.40. The molecule has 2 heterocycles. The second-order valence-electron chi connectivity index (χ2n) is 8.18. The molecule has 2 N–H and O–H groups in total. The number of fused-ring (bicyclic) bond motifs is 1. The zero-order valence-corrected chi connectivity index (χ0v) is 16.0. The quantitative estimate of drug-likeness (QED) is 0.783. The van der Waals surface area contributed by atoms with E-state index in [0.717, 1.165) is 31.2 Å². The second-order valence-corrected chi connectivity index (χ2v) is 8.18. The SMILES string of the molecule is CC1CCC(C(=O)Nc2cccc3c2CN(C2CCC(=O)NC2=O)C3=O)CC1. The molecule has 28 heavy (non-hydrogen) atoms. The van der Waals surface area contributed by atoms with E-state index in [9.17, 15) is 19.2 Å². The predicted molar refractivity (Wildman–Crippen MR) is 102 cm³/mol. The first-order valence-electron chi connectivity index (χ1n) is 10.0. The Morgan fingerprint density at radius 1 is 1.11 bits per heavy atom. The molecule has 1 aromatic rings. The summed E-state index contributed by atoms with van der Waals surface area (Å²) in [5, 5.41) is 5.32. The maximum Gasteiger partial charge on any atom is 0.255 e. The van der Waals surface area contributed by atoms with Crippen LogP contribution in [0.5, 0.6) is 0 Å². The van der Waals surface area contributed by atoms with Gasteiger partial charge in [0.15, 0.2) is 0 Å². The molecule has 7 heteroatoms. The summed E-state index contributed by atoms with van der Waals surface area (Å²) >= 11 is 0. The molecule has 1 saturated heterocycles. The van der Waals surface area contributed by atoms with Crippen LogP contribution in [-0.2, 0) is 20.9 Å². The number of carbonyl (C=O) groups is 4. The Balaban J connectivity index is 1.51. The molecule has 0 spiro atoms. The van der Waals surface area contributed by atoms with Crippen LogP contribution in [0.4, 0.5) is 5.69 Å². The summed E-state index contributed by atoms with van der Waals surface area (Å²) in [4.78, 5) is 50.7. The number of nitrogens with one attached hydrogen (secondary N) is 2. The van der Waals surface area contributed by atoms with Crippen LogP contribution in [0.1, 0.15) is 61.4 Å². The first-order chi connectivity index (χ1) is 13.4. The third-order valence-electron chi connectivity index (χ3n) is 6.23. The van der Waals surface area contributed by atoms with Crippen molar-refractivity contribution in [1.82, 2.24) is 10.2 Å². The lowest BCUT2D eigenvalue weighted by Gasteiger charge is -2.29. The highest BCUT2D eigenvalue weighted by molar-refractivity contribution is 6.06. The first-order valence-corrected chi connectivity index (χ1v) is 10.0. The maximum absolute atomic E-state index is 12.8. The summed E-state index contributed by atoms with van der Waals surface area (Å²) in [7, 11) is 0. The zero-order valence-electron chi connectivity index (χ0n) is 16.0. The van der Waals surface area contributed by atoms with Crippen molar-refractivity contribution in [3.05, 3.63) is 29.3 Å². The van der Waals surface area contributed by atoms with E-state index in [2.05, 4.69) is 17.6 Å². The molecule has 0 bridgehead atoms. The van der Waals surface area contributed by atoms with E-state index in [0.29, 0.717) is 23.6 Å². The standard InChI is InChI=1S/C21H25N3O4/c1-12-5-7-13(8-6-12)19(26)22-16-4-2-3-14-15(16)11-24(21(14)28)17-9-10-18(25)23-20(17)27/h2-4,12-13,17H,5-11H2,1H3,(H,22,26)(H,23,25,27). The maximum atomic E-state index is 12.8. The molecule has 1 atom stereocenters. The van der Waals surface area contributed by atoms with Gasteiger partial charge >= 0.3 is 0 Å². The Morgan fingerprint density at radius 2 is 1.86 bits per heavy atom. The van der Waals surface area contributed by atoms with Gasteiger partial charge in [0.1, 0.15) is 6.04 Å². The van der Waals surface area contributed by atoms with Gasteiger partial charge < -0.3 is 10.2 Å². The third kappa shape index (κ3) is 3.41. The van der Waals surface area contributed by atoms with Gasteiger partial charge in [-0.25, -0.2) is 0 Å². The van der Waals surface area contributed by atoms with Gasteiger partial charge in [-0.3, -0.25) is 24.5 Å². The van der Waals surface area contributed by atoms with Crippen LogP contribution in [-0.4, -0.2) is 34.6 Å². The van der Waals surface area contributed by atoms with Gasteiger partial charge in [0.25, 0.3) is 5.91 Å². The minimum atomic E-state index is -0.652. The van der Waals surface area contributed by atoms with Gasteiger partial charge in [-0.15, -0.1) is 0 Å². The molecule has 7 nitrogen and oxygen atoms in total. The lowest BCUT2D eigenvalue weighted by atomic mass is 9.82. The minimum Gasteiger partial charge on any atom is -0.326 e. The molecule has 1 saturated carbocycles. The molecule has 3 aliphatic rings. The van der Waals surface area contributed by atoms with Crippen LogP contribution in [0, 0.1) is 11.8 Å². The Hall–Kier alpha value is -2.70. The van der Waals surface area contributed by atoms with E-state index in [-0.39, 0.29) is 36.6 Å². The number of hydrogen-bond acceptors (Lipinski definition) is 4. The van der Waals surface area contributed by atoms with Crippen LogP contribution in [0.2, 0.25) is 0 Å². The van der Waals surface area contributed by atoms with E-state index in [1.807, 2.05) is 6.07 Å². The molecule has 4 rings (SSSR count). The average Bonchev–Trinajstić information content (AvgIpc) is 3.00. The number of rotatable bonds is 3. The van der Waals surface area contributed by atoms with Gasteiger partial charge in [-0.2, -0.15) is 0 Å². The number of amides is 4. The fraction of sp³-hybridized carbons (Fsp3) is 0.524. The Bertz CT molecular complexity index is 842. The van der Waals surface area contributed by atoms with E-state index in [4.69, 9.17) is 0 Å².